The summed E-state index contributed by atoms with van der Waals surface area (Å²) in [6.07, 6.45) is 9.73. The van der Waals surface area contributed by atoms with Crippen LogP contribution in [0.4, 0.5) is 4.39 Å². The molecule has 1 aliphatic carbocycles. The molecule has 0 spiro atoms. The normalized spacial score (nSPS) is 15.6. The van der Waals surface area contributed by atoms with Crippen molar-refractivity contribution in [2.75, 3.05) is 13.1 Å². The predicted molar refractivity (Wildman–Crippen MR) is 110 cm³/mol. The van der Waals surface area contributed by atoms with Gasteiger partial charge in [0.05, 0.1) is 0 Å². The summed E-state index contributed by atoms with van der Waals surface area (Å²) < 4.78 is 15.1. The van der Waals surface area contributed by atoms with E-state index in [4.69, 9.17) is 4.99 Å². The quantitative estimate of drug-likeness (QED) is 0.540. The summed E-state index contributed by atoms with van der Waals surface area (Å²) in [6.45, 7) is 4.32. The Hall–Kier alpha value is -2.44. The second-order valence-corrected chi connectivity index (χ2v) is 7.31. The van der Waals surface area contributed by atoms with E-state index >= 15 is 0 Å². The zero-order valence-corrected chi connectivity index (χ0v) is 16.7. The van der Waals surface area contributed by atoms with Crippen LogP contribution in [-0.2, 0) is 19.4 Å². The topological polar surface area (TPSA) is 67.1 Å². The van der Waals surface area contributed by atoms with Crippen molar-refractivity contribution in [3.05, 3.63) is 47.8 Å². The van der Waals surface area contributed by atoms with E-state index in [1.807, 2.05) is 12.1 Å². The monoisotopic (exact) mass is 386 g/mol. The molecule has 1 aliphatic rings. The fourth-order valence-corrected chi connectivity index (χ4v) is 3.57. The van der Waals surface area contributed by atoms with Gasteiger partial charge in [-0.2, -0.15) is 0 Å². The molecule has 28 heavy (non-hydrogen) atoms. The van der Waals surface area contributed by atoms with Crippen molar-refractivity contribution < 1.29 is 4.39 Å². The number of aromatic nitrogens is 3. The zero-order chi connectivity index (χ0) is 19.6. The van der Waals surface area contributed by atoms with E-state index in [9.17, 15) is 4.39 Å². The molecule has 0 radical (unpaired) electrons. The van der Waals surface area contributed by atoms with Gasteiger partial charge in [0, 0.05) is 32.1 Å². The molecule has 2 aromatic rings. The summed E-state index contributed by atoms with van der Waals surface area (Å²) in [7, 11) is 0. The number of nitrogens with zero attached hydrogens (tertiary/aromatic N) is 4. The Kier molecular flexibility index (Phi) is 7.82. The zero-order valence-electron chi connectivity index (χ0n) is 16.7. The summed E-state index contributed by atoms with van der Waals surface area (Å²) >= 11 is 0. The van der Waals surface area contributed by atoms with Gasteiger partial charge in [-0.3, -0.25) is 4.99 Å². The van der Waals surface area contributed by atoms with Crippen molar-refractivity contribution in [3.8, 4) is 0 Å². The van der Waals surface area contributed by atoms with Crippen molar-refractivity contribution >= 4 is 5.96 Å². The van der Waals surface area contributed by atoms with Gasteiger partial charge in [0.1, 0.15) is 18.0 Å². The molecule has 0 aliphatic heterocycles. The molecule has 152 valence electrons. The molecule has 1 aromatic heterocycles. The lowest BCUT2D eigenvalue weighted by molar-refractivity contribution is 0.409. The number of guanidine groups is 1. The molecule has 2 N–H and O–H groups in total. The van der Waals surface area contributed by atoms with Crippen LogP contribution in [-0.4, -0.2) is 39.9 Å². The van der Waals surface area contributed by atoms with Crippen LogP contribution in [0.5, 0.6) is 0 Å². The number of hydrogen-bond acceptors (Lipinski definition) is 3. The van der Waals surface area contributed by atoms with Crippen LogP contribution >= 0.6 is 0 Å². The average Bonchev–Trinajstić information content (AvgIpc) is 3.17. The molecule has 7 heteroatoms. The number of benzene rings is 1. The molecule has 0 bridgehead atoms. The molecule has 3 rings (SSSR count). The number of nitrogens with one attached hydrogen (secondary N) is 2. The van der Waals surface area contributed by atoms with Gasteiger partial charge in [0.2, 0.25) is 0 Å². The van der Waals surface area contributed by atoms with Gasteiger partial charge in [-0.25, -0.2) is 4.39 Å². The van der Waals surface area contributed by atoms with Crippen LogP contribution in [0.1, 0.15) is 50.4 Å². The van der Waals surface area contributed by atoms with Gasteiger partial charge < -0.3 is 15.2 Å². The van der Waals surface area contributed by atoms with Gasteiger partial charge in [-0.1, -0.05) is 38.3 Å². The van der Waals surface area contributed by atoms with Crippen LogP contribution in [0, 0.1) is 5.82 Å². The summed E-state index contributed by atoms with van der Waals surface area (Å²) in [5, 5.41) is 15.2. The first-order valence-corrected chi connectivity index (χ1v) is 10.4. The Bertz CT molecular complexity index is 734. The van der Waals surface area contributed by atoms with E-state index in [-0.39, 0.29) is 5.82 Å². The van der Waals surface area contributed by atoms with Crippen molar-refractivity contribution in [2.24, 2.45) is 4.99 Å². The first-order valence-electron chi connectivity index (χ1n) is 10.4. The molecule has 1 fully saturated rings. The van der Waals surface area contributed by atoms with Crippen LogP contribution in [0.15, 0.2) is 35.6 Å². The maximum atomic E-state index is 13.0. The maximum absolute atomic E-state index is 13.0. The van der Waals surface area contributed by atoms with E-state index in [1.54, 1.807) is 6.33 Å². The summed E-state index contributed by atoms with van der Waals surface area (Å²) in [5.41, 5.74) is 1.10. The highest BCUT2D eigenvalue weighted by molar-refractivity contribution is 5.80. The Labute approximate surface area is 166 Å². The number of rotatable bonds is 8. The summed E-state index contributed by atoms with van der Waals surface area (Å²) in [4.78, 5) is 4.76. The van der Waals surface area contributed by atoms with Gasteiger partial charge in [-0.15, -0.1) is 10.2 Å². The second-order valence-electron chi connectivity index (χ2n) is 7.31. The highest BCUT2D eigenvalue weighted by Gasteiger charge is 2.14. The molecule has 1 aromatic carbocycles. The predicted octanol–water partition coefficient (Wildman–Crippen LogP) is 3.09. The van der Waals surface area contributed by atoms with Gasteiger partial charge in [-0.05, 0) is 37.0 Å². The lowest BCUT2D eigenvalue weighted by atomic mass is 9.96. The number of aryl methyl sites for hydroxylation is 1. The third-order valence-corrected chi connectivity index (χ3v) is 5.19. The van der Waals surface area contributed by atoms with E-state index < -0.39 is 0 Å². The lowest BCUT2D eigenvalue weighted by Crippen LogP contribution is -2.45. The molecule has 0 saturated heterocycles. The average molecular weight is 387 g/mol. The van der Waals surface area contributed by atoms with Gasteiger partial charge >= 0.3 is 0 Å². The highest BCUT2D eigenvalue weighted by Crippen LogP contribution is 2.17. The van der Waals surface area contributed by atoms with E-state index in [1.165, 1.54) is 44.2 Å². The summed E-state index contributed by atoms with van der Waals surface area (Å²) in [5.74, 6) is 1.66. The van der Waals surface area contributed by atoms with Crippen molar-refractivity contribution in [3.63, 3.8) is 0 Å². The Morgan fingerprint density at radius 1 is 1.21 bits per heavy atom. The van der Waals surface area contributed by atoms with E-state index in [0.717, 1.165) is 43.3 Å². The van der Waals surface area contributed by atoms with Crippen molar-refractivity contribution in [2.45, 2.75) is 64.5 Å². The third-order valence-electron chi connectivity index (χ3n) is 5.19. The van der Waals surface area contributed by atoms with Crippen LogP contribution in [0.3, 0.4) is 0 Å². The molecule has 1 heterocycles. The minimum atomic E-state index is -0.200. The SMILES string of the molecule is CCc1nncn1CCNC(=NCCc1ccc(F)cc1)NC1CCCCC1. The van der Waals surface area contributed by atoms with E-state index in [2.05, 4.69) is 32.3 Å². The molecule has 0 amide bonds. The Balaban J connectivity index is 1.54. The lowest BCUT2D eigenvalue weighted by Gasteiger charge is -2.25. The molecular weight excluding hydrogens is 355 g/mol. The van der Waals surface area contributed by atoms with E-state index in [0.29, 0.717) is 12.6 Å². The number of halogens is 1. The minimum Gasteiger partial charge on any atom is -0.355 e. The first kappa shape index (κ1) is 20.3. The molecule has 0 atom stereocenters. The van der Waals surface area contributed by atoms with Crippen LogP contribution in [0.25, 0.3) is 0 Å². The van der Waals surface area contributed by atoms with Crippen LogP contribution in [0.2, 0.25) is 0 Å². The molecule has 0 unspecified atom stereocenters. The van der Waals surface area contributed by atoms with Crippen LogP contribution < -0.4 is 10.6 Å². The maximum Gasteiger partial charge on any atom is 0.191 e. The Morgan fingerprint density at radius 3 is 2.75 bits per heavy atom. The summed E-state index contributed by atoms with van der Waals surface area (Å²) in [6, 6.07) is 7.15. The van der Waals surface area contributed by atoms with Gasteiger partial charge in [0.15, 0.2) is 5.96 Å². The molecule has 6 nitrogen and oxygen atoms in total. The third kappa shape index (κ3) is 6.32. The largest absolute Gasteiger partial charge is 0.355 e. The molecule has 1 saturated carbocycles. The van der Waals surface area contributed by atoms with Crippen molar-refractivity contribution in [1.82, 2.24) is 25.4 Å². The number of aliphatic imine (C=N–C) groups is 1. The second kappa shape index (κ2) is 10.8. The number of hydrogen-bond donors (Lipinski definition) is 2. The fraction of sp³-hybridized carbons (Fsp3) is 0.571. The fourth-order valence-electron chi connectivity index (χ4n) is 3.57. The standard InChI is InChI=1S/C21H31FN6/c1-2-20-27-25-16-28(20)15-14-24-21(26-19-6-4-3-5-7-19)23-13-12-17-8-10-18(22)11-9-17/h8-11,16,19H,2-7,12-15H2,1H3,(H2,23,24,26). The smallest absolute Gasteiger partial charge is 0.191 e. The Morgan fingerprint density at radius 2 is 2.00 bits per heavy atom. The molecular formula is C21H31FN6. The van der Waals surface area contributed by atoms with Gasteiger partial charge in [0.25, 0.3) is 0 Å². The highest BCUT2D eigenvalue weighted by atomic mass is 19.1. The minimum absolute atomic E-state index is 0.200. The first-order chi connectivity index (χ1) is 13.7. The van der Waals surface area contributed by atoms with Crippen molar-refractivity contribution in [1.29, 1.82) is 0 Å².